The number of carboxylic acid groups (broad SMARTS) is 1. The molecule has 0 saturated carbocycles. The van der Waals surface area contributed by atoms with Crippen LogP contribution in [0.4, 0.5) is 0 Å². The van der Waals surface area contributed by atoms with E-state index in [1.54, 1.807) is 81.6 Å². The van der Waals surface area contributed by atoms with Gasteiger partial charge in [0.05, 0.1) is 41.1 Å². The number of fused-ring (bicyclic) bond motifs is 1. The van der Waals surface area contributed by atoms with Crippen LogP contribution in [0.2, 0.25) is 0 Å². The van der Waals surface area contributed by atoms with Gasteiger partial charge in [-0.25, -0.2) is 14.6 Å². The van der Waals surface area contributed by atoms with Crippen molar-refractivity contribution < 1.29 is 28.6 Å². The molecule has 1 N–H and O–H groups in total. The quantitative estimate of drug-likeness (QED) is 0.352. The summed E-state index contributed by atoms with van der Waals surface area (Å²) in [5.41, 5.74) is 1.64. The molecule has 5 rings (SSSR count). The second-order valence-corrected chi connectivity index (χ2v) is 9.64. The van der Waals surface area contributed by atoms with E-state index in [0.29, 0.717) is 43.4 Å². The lowest BCUT2D eigenvalue weighted by Gasteiger charge is -2.24. The summed E-state index contributed by atoms with van der Waals surface area (Å²) in [4.78, 5) is 43.4. The summed E-state index contributed by atoms with van der Waals surface area (Å²) in [7, 11) is 1.56. The van der Waals surface area contributed by atoms with Crippen LogP contribution < -0.4 is 19.6 Å². The first kappa shape index (κ1) is 25.9. The van der Waals surface area contributed by atoms with Gasteiger partial charge in [0.15, 0.2) is 4.80 Å². The van der Waals surface area contributed by atoms with Crippen LogP contribution >= 0.6 is 11.3 Å². The van der Waals surface area contributed by atoms with Crippen molar-refractivity contribution >= 4 is 29.4 Å². The molecule has 0 amide bonds. The van der Waals surface area contributed by atoms with E-state index in [2.05, 4.69) is 4.99 Å². The molecule has 0 aliphatic carbocycles. The third kappa shape index (κ3) is 4.82. The smallest absolute Gasteiger partial charge is 0.338 e. The zero-order chi connectivity index (χ0) is 27.7. The zero-order valence-corrected chi connectivity index (χ0v) is 22.2. The van der Waals surface area contributed by atoms with E-state index in [4.69, 9.17) is 13.9 Å². The molecule has 0 bridgehead atoms. The number of carbonyl (C=O) groups is 2. The second kappa shape index (κ2) is 10.6. The molecule has 1 aliphatic rings. The molecule has 4 aromatic rings. The van der Waals surface area contributed by atoms with Gasteiger partial charge < -0.3 is 19.0 Å². The summed E-state index contributed by atoms with van der Waals surface area (Å²) in [6.45, 7) is 3.62. The normalized spacial score (nSPS) is 15.1. The predicted octanol–water partition coefficient (Wildman–Crippen LogP) is 3.77. The van der Waals surface area contributed by atoms with Crippen molar-refractivity contribution in [2.45, 2.75) is 19.9 Å². The van der Waals surface area contributed by atoms with Crippen LogP contribution in [0.5, 0.6) is 5.75 Å². The highest BCUT2D eigenvalue weighted by Gasteiger charge is 2.33. The molecule has 1 aliphatic heterocycles. The number of furan rings is 1. The lowest BCUT2D eigenvalue weighted by molar-refractivity contribution is -0.139. The number of rotatable bonds is 7. The fourth-order valence-electron chi connectivity index (χ4n) is 4.48. The van der Waals surface area contributed by atoms with Gasteiger partial charge in [-0.1, -0.05) is 41.7 Å². The first-order chi connectivity index (χ1) is 18.8. The highest BCUT2D eigenvalue weighted by molar-refractivity contribution is 7.07. The number of esters is 1. The van der Waals surface area contributed by atoms with E-state index in [1.807, 2.05) is 0 Å². The highest BCUT2D eigenvalue weighted by atomic mass is 32.1. The number of methoxy groups -OCH3 is 1. The zero-order valence-electron chi connectivity index (χ0n) is 21.3. The Bertz CT molecular complexity index is 1790. The number of carboxylic acids is 1. The summed E-state index contributed by atoms with van der Waals surface area (Å²) >= 11 is 1.17. The van der Waals surface area contributed by atoms with Crippen molar-refractivity contribution in [2.24, 2.45) is 4.99 Å². The van der Waals surface area contributed by atoms with Crippen LogP contribution in [0.15, 0.2) is 86.1 Å². The van der Waals surface area contributed by atoms with Crippen LogP contribution in [0, 0.1) is 0 Å². The summed E-state index contributed by atoms with van der Waals surface area (Å²) in [6, 6.07) is 16.3. The average Bonchev–Trinajstić information content (AvgIpc) is 3.52. The maximum absolute atomic E-state index is 13.7. The molecule has 10 heteroatoms. The van der Waals surface area contributed by atoms with Crippen LogP contribution in [0.25, 0.3) is 17.4 Å². The number of hydrogen-bond acceptors (Lipinski definition) is 8. The topological polar surface area (TPSA) is 120 Å². The maximum atomic E-state index is 13.7. The number of nitrogens with zero attached hydrogens (tertiary/aromatic N) is 2. The minimum atomic E-state index is -1.07. The molecule has 39 heavy (non-hydrogen) atoms. The Morgan fingerprint density at radius 1 is 1.13 bits per heavy atom. The Balaban J connectivity index is 1.63. The van der Waals surface area contributed by atoms with E-state index in [9.17, 15) is 19.5 Å². The van der Waals surface area contributed by atoms with Crippen LogP contribution in [0.3, 0.4) is 0 Å². The van der Waals surface area contributed by atoms with E-state index in [1.165, 1.54) is 22.0 Å². The highest BCUT2D eigenvalue weighted by Crippen LogP contribution is 2.32. The summed E-state index contributed by atoms with van der Waals surface area (Å²) in [5, 5.41) is 9.52. The lowest BCUT2D eigenvalue weighted by atomic mass is 9.96. The molecule has 0 radical (unpaired) electrons. The molecule has 0 fully saturated rings. The molecule has 0 saturated heterocycles. The van der Waals surface area contributed by atoms with Crippen molar-refractivity contribution in [2.75, 3.05) is 13.7 Å². The molecule has 3 heterocycles. The van der Waals surface area contributed by atoms with E-state index < -0.39 is 18.0 Å². The van der Waals surface area contributed by atoms with Gasteiger partial charge in [-0.2, -0.15) is 0 Å². The SMILES string of the molecule is CCOC(=O)C1=C(C)N=c2s/c(=C/c3ccc(-c4ccccc4C(=O)O)o3)c(=O)n2[C@H]1c1ccc(OC)cc1. The summed E-state index contributed by atoms with van der Waals surface area (Å²) in [6.07, 6.45) is 1.59. The number of allylic oxidation sites excluding steroid dienone is 1. The number of carbonyl (C=O) groups excluding carboxylic acids is 1. The fourth-order valence-corrected chi connectivity index (χ4v) is 5.51. The number of hydrogen-bond donors (Lipinski definition) is 1. The molecular formula is C29H24N2O7S. The molecule has 198 valence electrons. The Morgan fingerprint density at radius 3 is 2.56 bits per heavy atom. The van der Waals surface area contributed by atoms with Crippen molar-refractivity contribution in [1.29, 1.82) is 0 Å². The van der Waals surface area contributed by atoms with E-state index >= 15 is 0 Å². The van der Waals surface area contributed by atoms with E-state index in [0.717, 1.165) is 0 Å². The third-order valence-electron chi connectivity index (χ3n) is 6.27. The van der Waals surface area contributed by atoms with Crippen LogP contribution in [-0.4, -0.2) is 35.3 Å². The van der Waals surface area contributed by atoms with Crippen molar-refractivity contribution in [3.05, 3.63) is 109 Å². The van der Waals surface area contributed by atoms with Gasteiger partial charge in [0.2, 0.25) is 0 Å². The third-order valence-corrected chi connectivity index (χ3v) is 7.25. The molecule has 2 aromatic heterocycles. The number of aromatic nitrogens is 1. The lowest BCUT2D eigenvalue weighted by Crippen LogP contribution is -2.39. The average molecular weight is 545 g/mol. The van der Waals surface area contributed by atoms with Crippen LogP contribution in [0.1, 0.15) is 41.6 Å². The van der Waals surface area contributed by atoms with Crippen LogP contribution in [-0.2, 0) is 9.53 Å². The van der Waals surface area contributed by atoms with Crippen molar-refractivity contribution in [1.82, 2.24) is 4.57 Å². The van der Waals surface area contributed by atoms with Gasteiger partial charge in [0.25, 0.3) is 5.56 Å². The van der Waals surface area contributed by atoms with Gasteiger partial charge in [0, 0.05) is 11.6 Å². The Kier molecular flexibility index (Phi) is 7.03. The fraction of sp³-hybridized carbons (Fsp3) is 0.172. The number of benzene rings is 2. The Labute approximate surface area is 226 Å². The first-order valence-corrected chi connectivity index (χ1v) is 12.9. The molecule has 9 nitrogen and oxygen atoms in total. The van der Waals surface area contributed by atoms with Gasteiger partial charge in [0.1, 0.15) is 17.3 Å². The van der Waals surface area contributed by atoms with Crippen molar-refractivity contribution in [3.63, 3.8) is 0 Å². The van der Waals surface area contributed by atoms with E-state index in [-0.39, 0.29) is 23.3 Å². The minimum absolute atomic E-state index is 0.110. The maximum Gasteiger partial charge on any atom is 0.338 e. The number of ether oxygens (including phenoxy) is 2. The second-order valence-electron chi connectivity index (χ2n) is 8.63. The molecule has 0 spiro atoms. The molecule has 1 atom stereocenters. The van der Waals surface area contributed by atoms with Gasteiger partial charge in [-0.05, 0) is 49.7 Å². The largest absolute Gasteiger partial charge is 0.497 e. The summed E-state index contributed by atoms with van der Waals surface area (Å²) in [5.74, 6) is -0.228. The predicted molar refractivity (Wildman–Crippen MR) is 144 cm³/mol. The monoisotopic (exact) mass is 544 g/mol. The Hall–Kier alpha value is -4.70. The molecular weight excluding hydrogens is 520 g/mol. The first-order valence-electron chi connectivity index (χ1n) is 12.1. The Morgan fingerprint density at radius 2 is 1.87 bits per heavy atom. The molecule has 2 aromatic carbocycles. The minimum Gasteiger partial charge on any atom is -0.497 e. The summed E-state index contributed by atoms with van der Waals surface area (Å²) < 4.78 is 18.3. The number of aromatic carboxylic acids is 1. The van der Waals surface area contributed by atoms with Gasteiger partial charge in [-0.15, -0.1) is 0 Å². The van der Waals surface area contributed by atoms with Gasteiger partial charge in [-0.3, -0.25) is 9.36 Å². The number of thiazole rings is 1. The molecule has 0 unspecified atom stereocenters. The standard InChI is InChI=1S/C29H24N2O7S/c1-4-37-28(35)24-16(2)30-29-31(25(24)17-9-11-18(36-3)12-10-17)26(32)23(39-29)15-19-13-14-22(38-19)20-7-5-6-8-21(20)27(33)34/h5-15,25H,4H2,1-3H3,(H,33,34)/b23-15+/t25-/m0/s1. The van der Waals surface area contributed by atoms with Gasteiger partial charge >= 0.3 is 11.9 Å². The van der Waals surface area contributed by atoms with Crippen molar-refractivity contribution in [3.8, 4) is 17.1 Å².